The molecule has 1 aliphatic carbocycles. The molecule has 5 rings (SSSR count). The van der Waals surface area contributed by atoms with Gasteiger partial charge in [0.2, 0.25) is 0 Å². The largest absolute Gasteiger partial charge is 0.278 e. The highest BCUT2D eigenvalue weighted by Crippen LogP contribution is 2.41. The zero-order valence-electron chi connectivity index (χ0n) is 16.3. The third kappa shape index (κ3) is 3.23. The monoisotopic (exact) mass is 374 g/mol. The Hall–Kier alpha value is -3.65. The van der Waals surface area contributed by atoms with E-state index in [2.05, 4.69) is 115 Å². The van der Waals surface area contributed by atoms with Crippen LogP contribution in [0, 0.1) is 0 Å². The van der Waals surface area contributed by atoms with E-state index >= 15 is 0 Å². The highest BCUT2D eigenvalue weighted by molar-refractivity contribution is 5.94. The number of anilines is 1. The van der Waals surface area contributed by atoms with Crippen LogP contribution < -0.4 is 5.43 Å². The van der Waals surface area contributed by atoms with Gasteiger partial charge in [-0.25, -0.2) is 0 Å². The van der Waals surface area contributed by atoms with Crippen molar-refractivity contribution < 1.29 is 0 Å². The fourth-order valence-electron chi connectivity index (χ4n) is 4.28. The molecule has 0 fully saturated rings. The van der Waals surface area contributed by atoms with E-state index < -0.39 is 0 Å². The molecular weight excluding hydrogens is 352 g/mol. The Balaban J connectivity index is 1.47. The summed E-state index contributed by atoms with van der Waals surface area (Å²) < 4.78 is 0. The number of hydrogen-bond acceptors (Lipinski definition) is 2. The number of nitrogens with one attached hydrogen (secondary N) is 1. The average Bonchev–Trinajstić information content (AvgIpc) is 3.10. The minimum Gasteiger partial charge on any atom is -0.278 e. The maximum Gasteiger partial charge on any atom is 0.0640 e. The second-order valence-electron chi connectivity index (χ2n) is 7.48. The van der Waals surface area contributed by atoms with E-state index in [0.29, 0.717) is 0 Å². The minimum absolute atomic E-state index is 0.284. The molecule has 1 atom stereocenters. The number of fused-ring (bicyclic) bond motifs is 2. The standard InChI is InChI=1S/C27H22N2/c1-19-17-21-10-3-6-14-24(21)27(19)25-15-7-4-11-22(25)18-28-29-26-16-8-12-20-9-2-5-13-23(20)26/h2-18,27,29H,1H3. The molecule has 0 saturated carbocycles. The molecule has 1 N–H and O–H groups in total. The van der Waals surface area contributed by atoms with E-state index in [-0.39, 0.29) is 5.92 Å². The van der Waals surface area contributed by atoms with Gasteiger partial charge in [0.25, 0.3) is 0 Å². The van der Waals surface area contributed by atoms with Crippen LogP contribution in [0.2, 0.25) is 0 Å². The van der Waals surface area contributed by atoms with Crippen molar-refractivity contribution in [2.24, 2.45) is 5.10 Å². The molecule has 29 heavy (non-hydrogen) atoms. The van der Waals surface area contributed by atoms with Gasteiger partial charge in [-0.3, -0.25) is 5.43 Å². The van der Waals surface area contributed by atoms with Crippen LogP contribution in [0.3, 0.4) is 0 Å². The van der Waals surface area contributed by atoms with E-state index in [1.54, 1.807) is 0 Å². The SMILES string of the molecule is CC1=Cc2ccccc2C1c1ccccc1C=NNc1cccc2ccccc12. The molecule has 0 saturated heterocycles. The van der Waals surface area contributed by atoms with Crippen molar-refractivity contribution in [1.29, 1.82) is 0 Å². The topological polar surface area (TPSA) is 24.4 Å². The predicted molar refractivity (Wildman–Crippen MR) is 124 cm³/mol. The van der Waals surface area contributed by atoms with Crippen LogP contribution >= 0.6 is 0 Å². The molecular formula is C27H22N2. The van der Waals surface area contributed by atoms with E-state index in [9.17, 15) is 0 Å². The van der Waals surface area contributed by atoms with Gasteiger partial charge in [0.1, 0.15) is 0 Å². The molecule has 0 aromatic heterocycles. The van der Waals surface area contributed by atoms with Crippen LogP contribution in [0.15, 0.2) is 102 Å². The summed E-state index contributed by atoms with van der Waals surface area (Å²) in [6.45, 7) is 2.22. The summed E-state index contributed by atoms with van der Waals surface area (Å²) in [5.74, 6) is 0.284. The summed E-state index contributed by atoms with van der Waals surface area (Å²) >= 11 is 0. The molecule has 4 aromatic carbocycles. The van der Waals surface area contributed by atoms with Crippen LogP contribution in [0.5, 0.6) is 0 Å². The molecule has 140 valence electrons. The predicted octanol–water partition coefficient (Wildman–Crippen LogP) is 6.83. The molecule has 1 aliphatic rings. The maximum absolute atomic E-state index is 4.58. The molecule has 0 spiro atoms. The summed E-state index contributed by atoms with van der Waals surface area (Å²) in [6.07, 6.45) is 4.23. The molecule has 0 aliphatic heterocycles. The van der Waals surface area contributed by atoms with Crippen molar-refractivity contribution >= 4 is 28.8 Å². The fraction of sp³-hybridized carbons (Fsp3) is 0.0741. The lowest BCUT2D eigenvalue weighted by Crippen LogP contribution is -2.04. The van der Waals surface area contributed by atoms with E-state index in [1.807, 2.05) is 6.21 Å². The number of benzene rings is 4. The fourth-order valence-corrected chi connectivity index (χ4v) is 4.28. The molecule has 0 heterocycles. The molecule has 1 unspecified atom stereocenters. The quantitative estimate of drug-likeness (QED) is 0.307. The first kappa shape index (κ1) is 17.4. The third-order valence-electron chi connectivity index (χ3n) is 5.63. The Morgan fingerprint density at radius 3 is 2.41 bits per heavy atom. The highest BCUT2D eigenvalue weighted by atomic mass is 15.3. The molecule has 2 nitrogen and oxygen atoms in total. The van der Waals surface area contributed by atoms with Gasteiger partial charge in [-0.2, -0.15) is 5.10 Å². The van der Waals surface area contributed by atoms with Crippen molar-refractivity contribution in [3.63, 3.8) is 0 Å². The number of allylic oxidation sites excluding steroid dienone is 1. The second-order valence-corrected chi connectivity index (χ2v) is 7.48. The van der Waals surface area contributed by atoms with Crippen molar-refractivity contribution in [2.75, 3.05) is 5.43 Å². The van der Waals surface area contributed by atoms with Crippen LogP contribution in [-0.4, -0.2) is 6.21 Å². The van der Waals surface area contributed by atoms with Crippen molar-refractivity contribution in [3.8, 4) is 0 Å². The van der Waals surface area contributed by atoms with Gasteiger partial charge in [0.15, 0.2) is 0 Å². The molecule has 0 radical (unpaired) electrons. The Bertz CT molecular complexity index is 1240. The number of rotatable bonds is 4. The summed E-state index contributed by atoms with van der Waals surface area (Å²) in [4.78, 5) is 0. The lowest BCUT2D eigenvalue weighted by Gasteiger charge is -2.17. The Morgan fingerprint density at radius 1 is 0.759 bits per heavy atom. The van der Waals surface area contributed by atoms with Crippen molar-refractivity contribution in [3.05, 3.63) is 119 Å². The Kier molecular flexibility index (Phi) is 4.45. The molecule has 2 heteroatoms. The normalized spacial score (nSPS) is 15.5. The van der Waals surface area contributed by atoms with E-state index in [4.69, 9.17) is 0 Å². The van der Waals surface area contributed by atoms with Crippen LogP contribution in [0.4, 0.5) is 5.69 Å². The molecule has 0 bridgehead atoms. The summed E-state index contributed by atoms with van der Waals surface area (Å²) in [7, 11) is 0. The highest BCUT2D eigenvalue weighted by Gasteiger charge is 2.25. The lowest BCUT2D eigenvalue weighted by atomic mass is 9.86. The van der Waals surface area contributed by atoms with Crippen LogP contribution in [-0.2, 0) is 0 Å². The van der Waals surface area contributed by atoms with Crippen LogP contribution in [0.1, 0.15) is 35.1 Å². The lowest BCUT2D eigenvalue weighted by molar-refractivity contribution is 0.974. The van der Waals surface area contributed by atoms with E-state index in [1.165, 1.54) is 33.0 Å². The first-order valence-corrected chi connectivity index (χ1v) is 9.94. The van der Waals surface area contributed by atoms with Gasteiger partial charge in [-0.05, 0) is 40.6 Å². The minimum atomic E-state index is 0.284. The van der Waals surface area contributed by atoms with Crippen molar-refractivity contribution in [1.82, 2.24) is 0 Å². The molecule has 4 aromatic rings. The van der Waals surface area contributed by atoms with Gasteiger partial charge in [-0.1, -0.05) is 96.6 Å². The zero-order chi connectivity index (χ0) is 19.6. The van der Waals surface area contributed by atoms with Gasteiger partial charge in [-0.15, -0.1) is 0 Å². The summed E-state index contributed by atoms with van der Waals surface area (Å²) in [5.41, 5.74) is 10.7. The third-order valence-corrected chi connectivity index (χ3v) is 5.63. The van der Waals surface area contributed by atoms with Crippen molar-refractivity contribution in [2.45, 2.75) is 12.8 Å². The average molecular weight is 374 g/mol. The number of hydrogen-bond donors (Lipinski definition) is 1. The zero-order valence-corrected chi connectivity index (χ0v) is 16.3. The Labute approximate surface area is 171 Å². The summed E-state index contributed by atoms with van der Waals surface area (Å²) in [5, 5.41) is 6.96. The first-order chi connectivity index (χ1) is 14.3. The maximum atomic E-state index is 4.58. The number of hydrazone groups is 1. The Morgan fingerprint density at radius 2 is 1.48 bits per heavy atom. The first-order valence-electron chi connectivity index (χ1n) is 9.94. The van der Waals surface area contributed by atoms with Gasteiger partial charge < -0.3 is 0 Å². The van der Waals surface area contributed by atoms with E-state index in [0.717, 1.165) is 11.3 Å². The number of nitrogens with zero attached hydrogens (tertiary/aromatic N) is 1. The van der Waals surface area contributed by atoms with Gasteiger partial charge >= 0.3 is 0 Å². The van der Waals surface area contributed by atoms with Crippen LogP contribution in [0.25, 0.3) is 16.8 Å². The van der Waals surface area contributed by atoms with Gasteiger partial charge in [0.05, 0.1) is 11.9 Å². The van der Waals surface area contributed by atoms with Gasteiger partial charge in [0, 0.05) is 11.3 Å². The summed E-state index contributed by atoms with van der Waals surface area (Å²) in [6, 6.07) is 31.8. The smallest absolute Gasteiger partial charge is 0.0640 e. The second kappa shape index (κ2) is 7.40. The molecule has 0 amide bonds.